The molecule has 44 heavy (non-hydrogen) atoms. The molecule has 1 unspecified atom stereocenters. The molecule has 0 fully saturated rings. The number of allylic oxidation sites excluding steroid dienone is 1. The van der Waals surface area contributed by atoms with E-state index in [2.05, 4.69) is 129 Å². The van der Waals surface area contributed by atoms with Crippen molar-refractivity contribution in [3.63, 3.8) is 0 Å². The summed E-state index contributed by atoms with van der Waals surface area (Å²) in [6.07, 6.45) is 13.5. The highest BCUT2D eigenvalue weighted by atomic mass is 32.2. The third-order valence-corrected chi connectivity index (χ3v) is 12.1. The van der Waals surface area contributed by atoms with Crippen LogP contribution in [0, 0.1) is 0 Å². The molecule has 0 amide bonds. The molecule has 0 radical (unpaired) electrons. The van der Waals surface area contributed by atoms with Crippen LogP contribution in [0.2, 0.25) is 0 Å². The van der Waals surface area contributed by atoms with E-state index in [1.807, 2.05) is 11.3 Å². The van der Waals surface area contributed by atoms with E-state index < -0.39 is 0 Å². The molecule has 0 bridgehead atoms. The largest absolute Gasteiger partial charge is 0.135 e. The third kappa shape index (κ3) is 5.75. The van der Waals surface area contributed by atoms with Crippen molar-refractivity contribution in [2.24, 2.45) is 0 Å². The molecule has 0 aliphatic carbocycles. The fraction of sp³-hybridized carbons (Fsp3) is 0.286. The Bertz CT molecular complexity index is 1950. The van der Waals surface area contributed by atoms with Crippen molar-refractivity contribution >= 4 is 60.3 Å². The Morgan fingerprint density at radius 3 is 1.98 bits per heavy atom. The van der Waals surface area contributed by atoms with Gasteiger partial charge in [0.05, 0.1) is 0 Å². The van der Waals surface area contributed by atoms with Crippen molar-refractivity contribution in [3.05, 3.63) is 125 Å². The van der Waals surface area contributed by atoms with Gasteiger partial charge in [-0.3, -0.25) is 0 Å². The van der Waals surface area contributed by atoms with Crippen LogP contribution in [0.1, 0.15) is 85.6 Å². The minimum absolute atomic E-state index is 0.469. The second kappa shape index (κ2) is 13.3. The first-order valence-corrected chi connectivity index (χ1v) is 18.4. The van der Waals surface area contributed by atoms with Gasteiger partial charge < -0.3 is 0 Å². The molecule has 0 saturated heterocycles. The van der Waals surface area contributed by atoms with E-state index in [1.165, 1.54) is 103 Å². The molecule has 2 heteroatoms. The maximum absolute atomic E-state index is 2.58. The van der Waals surface area contributed by atoms with E-state index in [4.69, 9.17) is 0 Å². The maximum Gasteiger partial charge on any atom is 0.0409 e. The van der Waals surface area contributed by atoms with Crippen molar-refractivity contribution in [1.82, 2.24) is 0 Å². The number of thioether (sulfide) groups is 1. The van der Waals surface area contributed by atoms with Gasteiger partial charge in [-0.25, -0.2) is 0 Å². The Kier molecular flexibility index (Phi) is 8.91. The first-order chi connectivity index (χ1) is 21.7. The Balaban J connectivity index is 1.21. The summed E-state index contributed by atoms with van der Waals surface area (Å²) in [6, 6.07) is 36.8. The van der Waals surface area contributed by atoms with Crippen molar-refractivity contribution < 1.29 is 0 Å². The summed E-state index contributed by atoms with van der Waals surface area (Å²) >= 11 is 4.00. The number of benzene rings is 5. The van der Waals surface area contributed by atoms with Gasteiger partial charge in [0.15, 0.2) is 0 Å². The monoisotopic (exact) mass is 610 g/mol. The van der Waals surface area contributed by atoms with Crippen LogP contribution in [0.5, 0.6) is 0 Å². The zero-order chi connectivity index (χ0) is 29.9. The van der Waals surface area contributed by atoms with Crippen molar-refractivity contribution in [2.45, 2.75) is 76.9 Å². The van der Waals surface area contributed by atoms with Crippen LogP contribution in [0.4, 0.5) is 0 Å². The second-order valence-corrected chi connectivity index (χ2v) is 14.7. The molecule has 0 nitrogen and oxygen atoms in total. The number of fused-ring (bicyclic) bond motifs is 3. The summed E-state index contributed by atoms with van der Waals surface area (Å²) in [5.41, 5.74) is 5.95. The lowest BCUT2D eigenvalue weighted by atomic mass is 9.86. The van der Waals surface area contributed by atoms with E-state index in [9.17, 15) is 0 Å². The second-order valence-electron chi connectivity index (χ2n) is 12.3. The van der Waals surface area contributed by atoms with Crippen LogP contribution in [0.25, 0.3) is 47.7 Å². The van der Waals surface area contributed by atoms with Gasteiger partial charge in [0.25, 0.3) is 0 Å². The minimum atomic E-state index is 0.469. The van der Waals surface area contributed by atoms with Gasteiger partial charge in [-0.2, -0.15) is 0 Å². The number of thiophene rings is 1. The van der Waals surface area contributed by atoms with Crippen LogP contribution in [-0.4, -0.2) is 0 Å². The Morgan fingerprint density at radius 1 is 0.591 bits per heavy atom. The van der Waals surface area contributed by atoms with Gasteiger partial charge in [-0.05, 0) is 105 Å². The van der Waals surface area contributed by atoms with Crippen LogP contribution >= 0.6 is 23.1 Å². The minimum Gasteiger partial charge on any atom is -0.135 e. The topological polar surface area (TPSA) is 0 Å². The highest BCUT2D eigenvalue weighted by Gasteiger charge is 2.24. The van der Waals surface area contributed by atoms with E-state index in [0.29, 0.717) is 5.25 Å². The SMILES string of the molecule is CCCCCc1c2ccccc2c(CCCCC)c2cc(C3CC=C(c4ccc(-c5cccc6ccccc56)s4)S3)ccc12. The predicted octanol–water partition coefficient (Wildman–Crippen LogP) is 13.6. The lowest BCUT2D eigenvalue weighted by molar-refractivity contribution is 0.719. The molecular formula is C42H42S2. The average Bonchev–Trinajstić information content (AvgIpc) is 3.76. The quantitative estimate of drug-likeness (QED) is 0.104. The van der Waals surface area contributed by atoms with Crippen LogP contribution in [0.3, 0.4) is 0 Å². The van der Waals surface area contributed by atoms with Crippen LogP contribution < -0.4 is 0 Å². The van der Waals surface area contributed by atoms with E-state index in [-0.39, 0.29) is 0 Å². The van der Waals surface area contributed by atoms with E-state index in [0.717, 1.165) is 12.8 Å². The molecule has 1 aromatic heterocycles. The van der Waals surface area contributed by atoms with Gasteiger partial charge in [-0.15, -0.1) is 23.1 Å². The van der Waals surface area contributed by atoms with Gasteiger partial charge in [0, 0.05) is 19.9 Å². The molecule has 5 aromatic carbocycles. The molecule has 1 aliphatic heterocycles. The van der Waals surface area contributed by atoms with Crippen molar-refractivity contribution in [2.75, 3.05) is 0 Å². The predicted molar refractivity (Wildman–Crippen MR) is 198 cm³/mol. The molecule has 0 N–H and O–H groups in total. The zero-order valence-electron chi connectivity index (χ0n) is 26.1. The third-order valence-electron chi connectivity index (χ3n) is 9.39. The van der Waals surface area contributed by atoms with Crippen molar-refractivity contribution in [1.29, 1.82) is 0 Å². The maximum atomic E-state index is 2.58. The fourth-order valence-corrected chi connectivity index (χ4v) is 9.51. The van der Waals surface area contributed by atoms with Gasteiger partial charge in [-0.1, -0.05) is 124 Å². The molecular weight excluding hydrogens is 569 g/mol. The van der Waals surface area contributed by atoms with Gasteiger partial charge in [0.2, 0.25) is 0 Å². The Labute approximate surface area is 271 Å². The van der Waals surface area contributed by atoms with Crippen LogP contribution in [0.15, 0.2) is 103 Å². The standard InChI is InChI=1S/C42H42S2/c1-3-5-7-17-34-32-19-11-12-20-33(32)35(18-8-6-4-2)38-28-30(22-23-36(34)38)39-24-26-41(43-39)42-27-25-40(44-42)37-21-13-15-29-14-9-10-16-31(29)37/h9-16,19-23,25-28,39H,3-8,17-18,24H2,1-2H3. The highest BCUT2D eigenvalue weighted by Crippen LogP contribution is 2.51. The summed E-state index contributed by atoms with van der Waals surface area (Å²) < 4.78 is 0. The number of rotatable bonds is 11. The summed E-state index contributed by atoms with van der Waals surface area (Å²) in [4.78, 5) is 4.19. The highest BCUT2D eigenvalue weighted by molar-refractivity contribution is 8.09. The Hall–Kier alpha value is -3.33. The van der Waals surface area contributed by atoms with Gasteiger partial charge >= 0.3 is 0 Å². The average molecular weight is 611 g/mol. The normalized spacial score (nSPS) is 15.0. The number of hydrogen-bond donors (Lipinski definition) is 0. The summed E-state index contributed by atoms with van der Waals surface area (Å²) in [6.45, 7) is 4.62. The van der Waals surface area contributed by atoms with Crippen molar-refractivity contribution in [3.8, 4) is 10.4 Å². The van der Waals surface area contributed by atoms with E-state index >= 15 is 0 Å². The van der Waals surface area contributed by atoms with Gasteiger partial charge in [0.1, 0.15) is 0 Å². The molecule has 0 spiro atoms. The molecule has 0 saturated carbocycles. The summed E-state index contributed by atoms with van der Waals surface area (Å²) in [7, 11) is 0. The molecule has 2 heterocycles. The molecule has 1 atom stereocenters. The summed E-state index contributed by atoms with van der Waals surface area (Å²) in [5, 5.41) is 9.07. The zero-order valence-corrected chi connectivity index (χ0v) is 27.7. The lowest BCUT2D eigenvalue weighted by Gasteiger charge is -2.19. The fourth-order valence-electron chi connectivity index (χ4n) is 7.10. The number of aryl methyl sites for hydroxylation is 2. The van der Waals surface area contributed by atoms with Crippen LogP contribution in [-0.2, 0) is 12.8 Å². The summed E-state index contributed by atoms with van der Waals surface area (Å²) in [5.74, 6) is 0. The molecule has 1 aliphatic rings. The first-order valence-electron chi connectivity index (χ1n) is 16.7. The van der Waals surface area contributed by atoms with E-state index in [1.54, 1.807) is 11.1 Å². The molecule has 7 rings (SSSR count). The number of unbranched alkanes of at least 4 members (excludes halogenated alkanes) is 4. The smallest absolute Gasteiger partial charge is 0.0409 e. The molecule has 6 aromatic rings. The number of hydrogen-bond acceptors (Lipinski definition) is 2. The first kappa shape index (κ1) is 29.4. The lowest BCUT2D eigenvalue weighted by Crippen LogP contribution is -1.99. The Morgan fingerprint density at radius 2 is 1.23 bits per heavy atom. The molecule has 222 valence electrons.